The molecule has 0 atom stereocenters. The van der Waals surface area contributed by atoms with Crippen LogP contribution in [0.2, 0.25) is 0 Å². The second-order valence-corrected chi connectivity index (χ2v) is 3.85. The normalized spacial score (nSPS) is 10.2. The summed E-state index contributed by atoms with van der Waals surface area (Å²) < 4.78 is 4.97. The average Bonchev–Trinajstić information content (AvgIpc) is 2.44. The molecule has 0 aliphatic heterocycles. The molecule has 0 bridgehead atoms. The first-order valence-electron chi connectivity index (χ1n) is 6.00. The van der Waals surface area contributed by atoms with Crippen molar-refractivity contribution in [1.82, 2.24) is 4.98 Å². The minimum atomic E-state index is -0.498. The van der Waals surface area contributed by atoms with E-state index in [0.717, 1.165) is 11.7 Å². The Balaban J connectivity index is 2.50. The van der Waals surface area contributed by atoms with Crippen LogP contribution >= 0.6 is 0 Å². The Morgan fingerprint density at radius 3 is 2.95 bits per heavy atom. The maximum absolute atomic E-state index is 11.9. The SMILES string of the molecule is CCOC(=O)c1nc2ccccc2cc1NCC=O. The fourth-order valence-corrected chi connectivity index (χ4v) is 1.76. The lowest BCUT2D eigenvalue weighted by atomic mass is 10.1. The zero-order chi connectivity index (χ0) is 13.7. The molecule has 98 valence electrons. The highest BCUT2D eigenvalue weighted by atomic mass is 16.5. The van der Waals surface area contributed by atoms with Crippen LogP contribution in [-0.4, -0.2) is 30.4 Å². The van der Waals surface area contributed by atoms with E-state index in [1.54, 1.807) is 13.0 Å². The minimum Gasteiger partial charge on any atom is -0.461 e. The molecule has 0 aliphatic carbocycles. The minimum absolute atomic E-state index is 0.117. The Bertz CT molecular complexity index is 611. The molecule has 0 aliphatic rings. The molecule has 0 fully saturated rings. The first-order valence-corrected chi connectivity index (χ1v) is 6.00. The fourth-order valence-electron chi connectivity index (χ4n) is 1.76. The maximum atomic E-state index is 11.9. The number of pyridine rings is 1. The van der Waals surface area contributed by atoms with Crippen LogP contribution in [0.15, 0.2) is 30.3 Å². The van der Waals surface area contributed by atoms with Crippen LogP contribution in [0.4, 0.5) is 5.69 Å². The molecule has 1 heterocycles. The van der Waals surface area contributed by atoms with Crippen LogP contribution in [0.25, 0.3) is 10.9 Å². The Morgan fingerprint density at radius 1 is 1.42 bits per heavy atom. The van der Waals surface area contributed by atoms with E-state index >= 15 is 0 Å². The van der Waals surface area contributed by atoms with E-state index in [4.69, 9.17) is 4.74 Å². The lowest BCUT2D eigenvalue weighted by Gasteiger charge is -2.10. The van der Waals surface area contributed by atoms with Crippen molar-refractivity contribution in [3.8, 4) is 0 Å². The first-order chi connectivity index (χ1) is 9.26. The molecule has 5 nitrogen and oxygen atoms in total. The number of esters is 1. The van der Waals surface area contributed by atoms with E-state index < -0.39 is 5.97 Å². The van der Waals surface area contributed by atoms with Crippen molar-refractivity contribution in [2.45, 2.75) is 6.92 Å². The molecule has 0 saturated heterocycles. The average molecular weight is 258 g/mol. The van der Waals surface area contributed by atoms with Gasteiger partial charge in [-0.25, -0.2) is 9.78 Å². The number of para-hydroxylation sites is 1. The van der Waals surface area contributed by atoms with E-state index in [0.29, 0.717) is 11.2 Å². The van der Waals surface area contributed by atoms with Crippen molar-refractivity contribution in [3.05, 3.63) is 36.0 Å². The highest BCUT2D eigenvalue weighted by Gasteiger charge is 2.15. The number of hydrogen-bond donors (Lipinski definition) is 1. The van der Waals surface area contributed by atoms with Gasteiger partial charge in [-0.15, -0.1) is 0 Å². The summed E-state index contributed by atoms with van der Waals surface area (Å²) in [4.78, 5) is 26.6. The monoisotopic (exact) mass is 258 g/mol. The first kappa shape index (κ1) is 13.0. The van der Waals surface area contributed by atoms with Crippen molar-refractivity contribution in [1.29, 1.82) is 0 Å². The Kier molecular flexibility index (Phi) is 4.07. The van der Waals surface area contributed by atoms with Gasteiger partial charge in [0.1, 0.15) is 6.29 Å². The summed E-state index contributed by atoms with van der Waals surface area (Å²) in [6, 6.07) is 9.24. The van der Waals surface area contributed by atoms with Crippen molar-refractivity contribution in [2.75, 3.05) is 18.5 Å². The number of carbonyl (C=O) groups is 2. The number of carbonyl (C=O) groups excluding carboxylic acids is 2. The van der Waals surface area contributed by atoms with Gasteiger partial charge in [-0.2, -0.15) is 0 Å². The largest absolute Gasteiger partial charge is 0.461 e. The molecule has 2 aromatic rings. The number of fused-ring (bicyclic) bond motifs is 1. The summed E-state index contributed by atoms with van der Waals surface area (Å²) in [7, 11) is 0. The quantitative estimate of drug-likeness (QED) is 0.656. The number of benzene rings is 1. The van der Waals surface area contributed by atoms with Gasteiger partial charge in [0.2, 0.25) is 0 Å². The van der Waals surface area contributed by atoms with Crippen LogP contribution in [0, 0.1) is 0 Å². The fraction of sp³-hybridized carbons (Fsp3) is 0.214. The van der Waals surface area contributed by atoms with Gasteiger partial charge in [0.25, 0.3) is 0 Å². The standard InChI is InChI=1S/C14H14N2O3/c1-2-19-14(18)13-12(15-7-8-17)9-10-5-3-4-6-11(10)16-13/h3-6,8-9,15H,2,7H2,1H3. The number of hydrogen-bond acceptors (Lipinski definition) is 5. The molecule has 0 radical (unpaired) electrons. The summed E-state index contributed by atoms with van der Waals surface area (Å²) in [6.07, 6.45) is 0.726. The van der Waals surface area contributed by atoms with Crippen LogP contribution < -0.4 is 5.32 Å². The van der Waals surface area contributed by atoms with Crippen LogP contribution in [0.5, 0.6) is 0 Å². The van der Waals surface area contributed by atoms with Crippen LogP contribution in [0.3, 0.4) is 0 Å². The van der Waals surface area contributed by atoms with Gasteiger partial charge >= 0.3 is 5.97 Å². The van der Waals surface area contributed by atoms with Gasteiger partial charge in [0.05, 0.1) is 24.4 Å². The second-order valence-electron chi connectivity index (χ2n) is 3.85. The lowest BCUT2D eigenvalue weighted by Crippen LogP contribution is -2.13. The summed E-state index contributed by atoms with van der Waals surface area (Å²) in [5, 5.41) is 3.76. The van der Waals surface area contributed by atoms with Gasteiger partial charge in [-0.05, 0) is 19.1 Å². The number of rotatable bonds is 5. The summed E-state index contributed by atoms with van der Waals surface area (Å²) >= 11 is 0. The Hall–Kier alpha value is -2.43. The topological polar surface area (TPSA) is 68.3 Å². The van der Waals surface area contributed by atoms with Crippen molar-refractivity contribution < 1.29 is 14.3 Å². The van der Waals surface area contributed by atoms with Crippen molar-refractivity contribution in [2.24, 2.45) is 0 Å². The molecular weight excluding hydrogens is 244 g/mol. The molecule has 1 aromatic heterocycles. The Labute approximate surface area is 110 Å². The number of aromatic nitrogens is 1. The molecule has 0 unspecified atom stereocenters. The lowest BCUT2D eigenvalue weighted by molar-refractivity contribution is -0.106. The second kappa shape index (κ2) is 5.95. The number of anilines is 1. The third-order valence-electron chi connectivity index (χ3n) is 2.57. The summed E-state index contributed by atoms with van der Waals surface area (Å²) in [5.41, 5.74) is 1.41. The molecular formula is C14H14N2O3. The third-order valence-corrected chi connectivity index (χ3v) is 2.57. The van der Waals surface area contributed by atoms with E-state index in [9.17, 15) is 9.59 Å². The third kappa shape index (κ3) is 2.88. The predicted molar refractivity (Wildman–Crippen MR) is 72.3 cm³/mol. The van der Waals surface area contributed by atoms with E-state index in [1.807, 2.05) is 24.3 Å². The predicted octanol–water partition coefficient (Wildman–Crippen LogP) is 2.02. The molecule has 2 rings (SSSR count). The zero-order valence-corrected chi connectivity index (χ0v) is 10.6. The van der Waals surface area contributed by atoms with E-state index in [2.05, 4.69) is 10.3 Å². The van der Waals surface area contributed by atoms with Gasteiger partial charge in [-0.3, -0.25) is 0 Å². The summed E-state index contributed by atoms with van der Waals surface area (Å²) in [5.74, 6) is -0.498. The maximum Gasteiger partial charge on any atom is 0.359 e. The van der Waals surface area contributed by atoms with Crippen LogP contribution in [0.1, 0.15) is 17.4 Å². The number of nitrogens with one attached hydrogen (secondary N) is 1. The van der Waals surface area contributed by atoms with E-state index in [-0.39, 0.29) is 18.8 Å². The van der Waals surface area contributed by atoms with Gasteiger partial charge in [0.15, 0.2) is 5.69 Å². The Morgan fingerprint density at radius 2 is 2.21 bits per heavy atom. The summed E-state index contributed by atoms with van der Waals surface area (Å²) in [6.45, 7) is 2.13. The molecule has 1 N–H and O–H groups in total. The van der Waals surface area contributed by atoms with E-state index in [1.165, 1.54) is 0 Å². The number of aldehydes is 1. The van der Waals surface area contributed by atoms with Crippen LogP contribution in [-0.2, 0) is 9.53 Å². The molecule has 0 saturated carbocycles. The number of nitrogens with zero attached hydrogens (tertiary/aromatic N) is 1. The highest BCUT2D eigenvalue weighted by Crippen LogP contribution is 2.21. The van der Waals surface area contributed by atoms with Gasteiger partial charge in [0, 0.05) is 5.39 Å². The number of ether oxygens (including phenoxy) is 1. The van der Waals surface area contributed by atoms with Crippen molar-refractivity contribution in [3.63, 3.8) is 0 Å². The van der Waals surface area contributed by atoms with Crippen molar-refractivity contribution >= 4 is 28.8 Å². The smallest absolute Gasteiger partial charge is 0.359 e. The molecule has 0 spiro atoms. The molecule has 1 aromatic carbocycles. The molecule has 19 heavy (non-hydrogen) atoms. The van der Waals surface area contributed by atoms with Gasteiger partial charge in [-0.1, -0.05) is 18.2 Å². The molecule has 0 amide bonds. The zero-order valence-electron chi connectivity index (χ0n) is 10.6. The highest BCUT2D eigenvalue weighted by molar-refractivity contribution is 5.98. The van der Waals surface area contributed by atoms with Gasteiger partial charge < -0.3 is 14.8 Å². The molecule has 5 heteroatoms.